The average molecular weight is 501 g/mol. The second-order valence-electron chi connectivity index (χ2n) is 8.24. The fraction of sp³-hybridized carbons (Fsp3) is 0.364. The highest BCUT2D eigenvalue weighted by atomic mass is 32.2. The van der Waals surface area contributed by atoms with Gasteiger partial charge in [-0.15, -0.1) is 0 Å². The summed E-state index contributed by atoms with van der Waals surface area (Å²) in [5.41, 5.74) is 2.20. The number of nitrogens with one attached hydrogen (secondary N) is 1. The van der Waals surface area contributed by atoms with E-state index in [1.54, 1.807) is 11.0 Å². The molecule has 2 fully saturated rings. The lowest BCUT2D eigenvalue weighted by Gasteiger charge is -2.38. The van der Waals surface area contributed by atoms with Crippen molar-refractivity contribution in [1.29, 1.82) is 0 Å². The molecule has 2 amide bonds. The lowest BCUT2D eigenvalue weighted by molar-refractivity contribution is -0.137. The van der Waals surface area contributed by atoms with Gasteiger partial charge in [-0.2, -0.15) is 13.1 Å². The van der Waals surface area contributed by atoms with E-state index in [-0.39, 0.29) is 30.3 Å². The molecular weight excluding hydrogens is 476 g/mol. The van der Waals surface area contributed by atoms with Gasteiger partial charge < -0.3 is 15.1 Å². The number of rotatable bonds is 5. The first-order valence-corrected chi connectivity index (χ1v) is 13.2. The molecule has 0 bridgehead atoms. The molecular formula is C22H24N6O4S2. The molecule has 2 aliphatic rings. The van der Waals surface area contributed by atoms with Crippen LogP contribution >= 0.6 is 11.7 Å². The van der Waals surface area contributed by atoms with Crippen molar-refractivity contribution in [3.8, 4) is 0 Å². The monoisotopic (exact) mass is 500 g/mol. The Labute approximate surface area is 201 Å². The maximum atomic E-state index is 13.4. The third kappa shape index (κ3) is 4.36. The Bertz CT molecular complexity index is 1310. The van der Waals surface area contributed by atoms with Crippen molar-refractivity contribution < 1.29 is 18.0 Å². The Balaban J connectivity index is 1.30. The van der Waals surface area contributed by atoms with Gasteiger partial charge >= 0.3 is 0 Å². The average Bonchev–Trinajstić information content (AvgIpc) is 3.34. The van der Waals surface area contributed by atoms with Crippen molar-refractivity contribution >= 4 is 50.3 Å². The van der Waals surface area contributed by atoms with Crippen molar-refractivity contribution in [2.75, 3.05) is 44.2 Å². The molecule has 178 valence electrons. The van der Waals surface area contributed by atoms with Crippen molar-refractivity contribution in [1.82, 2.24) is 23.3 Å². The third-order valence-corrected chi connectivity index (χ3v) is 8.70. The number of fused-ring (bicyclic) bond motifs is 1. The van der Waals surface area contributed by atoms with E-state index in [0.29, 0.717) is 37.2 Å². The number of hydrogen-bond acceptors (Lipinski definition) is 8. The molecule has 1 aromatic heterocycles. The Hall–Kier alpha value is -3.09. The van der Waals surface area contributed by atoms with E-state index in [2.05, 4.69) is 19.0 Å². The van der Waals surface area contributed by atoms with E-state index in [0.717, 1.165) is 21.7 Å². The maximum Gasteiger partial charge on any atom is 0.243 e. The van der Waals surface area contributed by atoms with Crippen LogP contribution in [0.15, 0.2) is 53.4 Å². The van der Waals surface area contributed by atoms with Crippen LogP contribution in [-0.2, 0) is 19.6 Å². The third-order valence-electron chi connectivity index (χ3n) is 6.24. The molecule has 1 atom stereocenters. The molecule has 0 aliphatic carbocycles. The van der Waals surface area contributed by atoms with Gasteiger partial charge in [0, 0.05) is 45.0 Å². The lowest BCUT2D eigenvalue weighted by atomic mass is 10.1. The van der Waals surface area contributed by atoms with Crippen LogP contribution in [0.4, 0.5) is 5.69 Å². The Morgan fingerprint density at radius 3 is 2.50 bits per heavy atom. The highest BCUT2D eigenvalue weighted by Gasteiger charge is 2.40. The summed E-state index contributed by atoms with van der Waals surface area (Å²) in [4.78, 5) is 29.7. The molecule has 12 heteroatoms. The molecule has 10 nitrogen and oxygen atoms in total. The smallest absolute Gasteiger partial charge is 0.243 e. The Kier molecular flexibility index (Phi) is 6.19. The van der Waals surface area contributed by atoms with Gasteiger partial charge in [0.1, 0.15) is 17.1 Å². The summed E-state index contributed by atoms with van der Waals surface area (Å²) in [5.74, 6) is -0.684. The standard InChI is InChI=1S/C22H24N6O4S2/c29-21(27-12-10-26(11-13-27)16-4-2-1-3-5-16)15-20-22(30)23-8-9-28(20)34(31,32)17-6-7-18-19(14-17)25-33-24-18/h1-7,14,20H,8-13,15H2,(H,23,30)/t20-/m1/s1. The molecule has 0 unspecified atom stereocenters. The summed E-state index contributed by atoms with van der Waals surface area (Å²) in [6, 6.07) is 13.4. The zero-order valence-electron chi connectivity index (χ0n) is 18.3. The number of hydrogen-bond donors (Lipinski definition) is 1. The Morgan fingerprint density at radius 2 is 1.74 bits per heavy atom. The first kappa shape index (κ1) is 22.7. The number of benzene rings is 2. The molecule has 0 spiro atoms. The second kappa shape index (κ2) is 9.28. The van der Waals surface area contributed by atoms with Gasteiger partial charge in [0.2, 0.25) is 21.8 Å². The zero-order chi connectivity index (χ0) is 23.7. The van der Waals surface area contributed by atoms with Crippen LogP contribution in [0.5, 0.6) is 0 Å². The van der Waals surface area contributed by atoms with Gasteiger partial charge in [-0.05, 0) is 30.3 Å². The van der Waals surface area contributed by atoms with Crippen molar-refractivity contribution in [2.45, 2.75) is 17.4 Å². The molecule has 1 N–H and O–H groups in total. The zero-order valence-corrected chi connectivity index (χ0v) is 20.0. The number of carbonyl (C=O) groups is 2. The molecule has 2 aliphatic heterocycles. The summed E-state index contributed by atoms with van der Waals surface area (Å²) in [6.07, 6.45) is -0.198. The molecule has 0 radical (unpaired) electrons. The van der Waals surface area contributed by atoms with Gasteiger partial charge in [-0.1, -0.05) is 18.2 Å². The van der Waals surface area contributed by atoms with Gasteiger partial charge in [0.05, 0.1) is 23.0 Å². The summed E-state index contributed by atoms with van der Waals surface area (Å²) in [5, 5.41) is 2.70. The minimum Gasteiger partial charge on any atom is -0.368 e. The van der Waals surface area contributed by atoms with Gasteiger partial charge in [0.15, 0.2) is 0 Å². The highest BCUT2D eigenvalue weighted by molar-refractivity contribution is 7.89. The van der Waals surface area contributed by atoms with E-state index in [1.165, 1.54) is 12.1 Å². The maximum absolute atomic E-state index is 13.4. The number of sulfonamides is 1. The SMILES string of the molecule is O=C1NCCN(S(=O)(=O)c2ccc3nsnc3c2)[C@@H]1CC(=O)N1CCN(c2ccccc2)CC1. The second-order valence-corrected chi connectivity index (χ2v) is 10.7. The van der Waals surface area contributed by atoms with Gasteiger partial charge in [-0.3, -0.25) is 9.59 Å². The molecule has 3 heterocycles. The van der Waals surface area contributed by atoms with Crippen LogP contribution < -0.4 is 10.2 Å². The fourth-order valence-corrected chi connectivity index (χ4v) is 6.51. The highest BCUT2D eigenvalue weighted by Crippen LogP contribution is 2.25. The summed E-state index contributed by atoms with van der Waals surface area (Å²) in [7, 11) is -4.00. The molecule has 3 aromatic rings. The van der Waals surface area contributed by atoms with Crippen molar-refractivity contribution in [2.24, 2.45) is 0 Å². The number of aromatic nitrogens is 2. The fourth-order valence-electron chi connectivity index (χ4n) is 4.38. The van der Waals surface area contributed by atoms with E-state index in [1.807, 2.05) is 30.3 Å². The molecule has 0 saturated carbocycles. The van der Waals surface area contributed by atoms with Gasteiger partial charge in [0.25, 0.3) is 0 Å². The van der Waals surface area contributed by atoms with Gasteiger partial charge in [-0.25, -0.2) is 8.42 Å². The van der Waals surface area contributed by atoms with E-state index in [9.17, 15) is 18.0 Å². The van der Waals surface area contributed by atoms with Crippen LogP contribution in [0, 0.1) is 0 Å². The van der Waals surface area contributed by atoms with Crippen molar-refractivity contribution in [3.05, 3.63) is 48.5 Å². The molecule has 2 saturated heterocycles. The summed E-state index contributed by atoms with van der Waals surface area (Å²) in [6.45, 7) is 2.68. The predicted octanol–water partition coefficient (Wildman–Crippen LogP) is 0.919. The minimum atomic E-state index is -4.00. The van der Waals surface area contributed by atoms with E-state index in [4.69, 9.17) is 0 Å². The molecule has 2 aromatic carbocycles. The van der Waals surface area contributed by atoms with Crippen LogP contribution in [-0.4, -0.2) is 83.5 Å². The number of piperazine rings is 2. The normalized spacial score (nSPS) is 19.9. The van der Waals surface area contributed by atoms with Crippen molar-refractivity contribution in [3.63, 3.8) is 0 Å². The number of para-hydroxylation sites is 1. The largest absolute Gasteiger partial charge is 0.368 e. The van der Waals surface area contributed by atoms with Crippen LogP contribution in [0.3, 0.4) is 0 Å². The van der Waals surface area contributed by atoms with Crippen LogP contribution in [0.2, 0.25) is 0 Å². The summed E-state index contributed by atoms with van der Waals surface area (Å²) >= 11 is 1.01. The Morgan fingerprint density at radius 1 is 1.00 bits per heavy atom. The molecule has 34 heavy (non-hydrogen) atoms. The number of carbonyl (C=O) groups excluding carboxylic acids is 2. The van der Waals surface area contributed by atoms with Crippen LogP contribution in [0.1, 0.15) is 6.42 Å². The number of amides is 2. The quantitative estimate of drug-likeness (QED) is 0.554. The topological polar surface area (TPSA) is 116 Å². The van der Waals surface area contributed by atoms with Crippen LogP contribution in [0.25, 0.3) is 11.0 Å². The first-order chi connectivity index (χ1) is 16.4. The first-order valence-electron chi connectivity index (χ1n) is 11.0. The molecule has 5 rings (SSSR count). The lowest BCUT2D eigenvalue weighted by Crippen LogP contribution is -2.59. The van der Waals surface area contributed by atoms with E-state index >= 15 is 0 Å². The number of nitrogens with zero attached hydrogens (tertiary/aromatic N) is 5. The van der Waals surface area contributed by atoms with E-state index < -0.39 is 22.0 Å². The minimum absolute atomic E-state index is 0.0383. The summed E-state index contributed by atoms with van der Waals surface area (Å²) < 4.78 is 36.2. The predicted molar refractivity (Wildman–Crippen MR) is 128 cm³/mol. The number of anilines is 1.